The summed E-state index contributed by atoms with van der Waals surface area (Å²) >= 11 is 1.67. The van der Waals surface area contributed by atoms with E-state index in [-0.39, 0.29) is 6.04 Å². The Kier molecular flexibility index (Phi) is 3.98. The fourth-order valence-electron chi connectivity index (χ4n) is 2.15. The highest BCUT2D eigenvalue weighted by Gasteiger charge is 2.16. The lowest BCUT2D eigenvalue weighted by molar-refractivity contribution is 0.479. The second kappa shape index (κ2) is 5.91. The molecule has 0 spiro atoms. The zero-order valence-electron chi connectivity index (χ0n) is 12.3. The van der Waals surface area contributed by atoms with Gasteiger partial charge in [-0.05, 0) is 26.1 Å². The topological polar surface area (TPSA) is 55.9 Å². The highest BCUT2D eigenvalue weighted by Crippen LogP contribution is 2.28. The van der Waals surface area contributed by atoms with Gasteiger partial charge < -0.3 is 14.3 Å². The first-order valence-corrected chi connectivity index (χ1v) is 7.82. The normalized spacial score (nSPS) is 12.9. The summed E-state index contributed by atoms with van der Waals surface area (Å²) in [5, 5.41) is 13.6. The molecular weight excluding hydrogens is 284 g/mol. The molecule has 6 heteroatoms. The molecule has 0 bridgehead atoms. The van der Waals surface area contributed by atoms with Crippen molar-refractivity contribution < 1.29 is 4.42 Å². The maximum absolute atomic E-state index is 5.93. The van der Waals surface area contributed by atoms with Crippen LogP contribution in [0.4, 0.5) is 0 Å². The Morgan fingerprint density at radius 2 is 2.14 bits per heavy atom. The Bertz CT molecular complexity index is 716. The van der Waals surface area contributed by atoms with Crippen LogP contribution in [-0.2, 0) is 7.05 Å². The van der Waals surface area contributed by atoms with Crippen LogP contribution >= 0.6 is 11.8 Å². The minimum atomic E-state index is 0.138. The van der Waals surface area contributed by atoms with Crippen LogP contribution in [0, 0.1) is 6.92 Å². The lowest BCUT2D eigenvalue weighted by atomic mass is 10.2. The fourth-order valence-corrected chi connectivity index (χ4v) is 3.22. The van der Waals surface area contributed by atoms with E-state index in [0.29, 0.717) is 0 Å². The molecule has 0 aliphatic carbocycles. The van der Waals surface area contributed by atoms with Gasteiger partial charge in [0.25, 0.3) is 0 Å². The van der Waals surface area contributed by atoms with Gasteiger partial charge in [0.05, 0.1) is 6.04 Å². The Labute approximate surface area is 127 Å². The molecule has 0 radical (unpaired) electrons. The van der Waals surface area contributed by atoms with Gasteiger partial charge in [0.1, 0.15) is 17.2 Å². The van der Waals surface area contributed by atoms with E-state index in [1.54, 1.807) is 11.8 Å². The number of rotatable bonds is 5. The number of fused-ring (bicyclic) bond motifs is 1. The Balaban J connectivity index is 1.77. The third-order valence-corrected chi connectivity index (χ3v) is 4.68. The molecule has 0 fully saturated rings. The average Bonchev–Trinajstić information content (AvgIpc) is 3.05. The Morgan fingerprint density at radius 1 is 1.33 bits per heavy atom. The van der Waals surface area contributed by atoms with Crippen molar-refractivity contribution in [3.05, 3.63) is 41.9 Å². The van der Waals surface area contributed by atoms with Gasteiger partial charge in [0.2, 0.25) is 0 Å². The lowest BCUT2D eigenvalue weighted by Crippen LogP contribution is -2.18. The van der Waals surface area contributed by atoms with Gasteiger partial charge in [-0.2, -0.15) is 0 Å². The maximum Gasteiger partial charge on any atom is 0.191 e. The van der Waals surface area contributed by atoms with Gasteiger partial charge in [-0.25, -0.2) is 0 Å². The third-order valence-electron chi connectivity index (χ3n) is 3.57. The number of hydrogen-bond donors (Lipinski definition) is 1. The third kappa shape index (κ3) is 2.82. The molecular formula is C15H18N4OS. The van der Waals surface area contributed by atoms with Gasteiger partial charge in [0, 0.05) is 18.2 Å². The maximum atomic E-state index is 5.93. The highest BCUT2D eigenvalue weighted by molar-refractivity contribution is 7.99. The van der Waals surface area contributed by atoms with Crippen molar-refractivity contribution in [3.8, 4) is 0 Å². The number of aryl methyl sites for hydroxylation is 1. The minimum absolute atomic E-state index is 0.138. The minimum Gasteiger partial charge on any atom is -0.459 e. The summed E-state index contributed by atoms with van der Waals surface area (Å²) in [4.78, 5) is 0. The predicted octanol–water partition coefficient (Wildman–Crippen LogP) is 2.92. The molecule has 1 unspecified atom stereocenters. The molecule has 21 heavy (non-hydrogen) atoms. The number of thioether (sulfide) groups is 1. The standard InChI is InChI=1S/C15H18N4OS/c1-10-17-18-15(19(10)3)21-9-12(16-2)14-8-11-6-4-5-7-13(11)20-14/h4-8,12,16H,9H2,1-3H3. The van der Waals surface area contributed by atoms with E-state index in [2.05, 4.69) is 27.6 Å². The molecule has 5 nitrogen and oxygen atoms in total. The second-order valence-corrected chi connectivity index (χ2v) is 5.91. The van der Waals surface area contributed by atoms with Crippen LogP contribution in [0.5, 0.6) is 0 Å². The Morgan fingerprint density at radius 3 is 2.81 bits per heavy atom. The number of nitrogens with one attached hydrogen (secondary N) is 1. The van der Waals surface area contributed by atoms with Gasteiger partial charge >= 0.3 is 0 Å². The Hall–Kier alpha value is -1.79. The predicted molar refractivity (Wildman–Crippen MR) is 84.5 cm³/mol. The molecule has 2 aromatic heterocycles. The van der Waals surface area contributed by atoms with Crippen molar-refractivity contribution in [2.24, 2.45) is 7.05 Å². The van der Waals surface area contributed by atoms with Crippen LogP contribution in [0.25, 0.3) is 11.0 Å². The van der Waals surface area contributed by atoms with Gasteiger partial charge in [-0.1, -0.05) is 30.0 Å². The molecule has 1 aromatic carbocycles. The zero-order valence-corrected chi connectivity index (χ0v) is 13.1. The first-order chi connectivity index (χ1) is 10.2. The smallest absolute Gasteiger partial charge is 0.191 e. The van der Waals surface area contributed by atoms with E-state index in [0.717, 1.165) is 33.5 Å². The van der Waals surface area contributed by atoms with Crippen molar-refractivity contribution >= 4 is 22.7 Å². The van der Waals surface area contributed by atoms with Crippen LogP contribution in [0.15, 0.2) is 39.9 Å². The van der Waals surface area contributed by atoms with E-state index < -0.39 is 0 Å². The van der Waals surface area contributed by atoms with Gasteiger partial charge in [-0.3, -0.25) is 0 Å². The highest BCUT2D eigenvalue weighted by atomic mass is 32.2. The lowest BCUT2D eigenvalue weighted by Gasteiger charge is -2.12. The molecule has 1 N–H and O–H groups in total. The summed E-state index contributed by atoms with van der Waals surface area (Å²) < 4.78 is 7.92. The van der Waals surface area contributed by atoms with Crippen molar-refractivity contribution in [1.82, 2.24) is 20.1 Å². The molecule has 2 heterocycles. The zero-order chi connectivity index (χ0) is 14.8. The summed E-state index contributed by atoms with van der Waals surface area (Å²) in [6.45, 7) is 1.95. The van der Waals surface area contributed by atoms with Crippen molar-refractivity contribution in [3.63, 3.8) is 0 Å². The van der Waals surface area contributed by atoms with Gasteiger partial charge in [0.15, 0.2) is 5.16 Å². The summed E-state index contributed by atoms with van der Waals surface area (Å²) in [5.41, 5.74) is 0.923. The summed E-state index contributed by atoms with van der Waals surface area (Å²) in [6, 6.07) is 10.3. The molecule has 3 rings (SSSR count). The van der Waals surface area contributed by atoms with E-state index in [1.807, 2.05) is 43.8 Å². The van der Waals surface area contributed by atoms with E-state index in [4.69, 9.17) is 4.42 Å². The van der Waals surface area contributed by atoms with E-state index >= 15 is 0 Å². The number of furan rings is 1. The number of aromatic nitrogens is 3. The molecule has 1 atom stereocenters. The van der Waals surface area contributed by atoms with Crippen LogP contribution in [0.3, 0.4) is 0 Å². The second-order valence-electron chi connectivity index (χ2n) is 4.93. The average molecular weight is 302 g/mol. The molecule has 0 amide bonds. The van der Waals surface area contributed by atoms with Crippen molar-refractivity contribution in [1.29, 1.82) is 0 Å². The molecule has 110 valence electrons. The monoisotopic (exact) mass is 302 g/mol. The van der Waals surface area contributed by atoms with Gasteiger partial charge in [-0.15, -0.1) is 10.2 Å². The molecule has 3 aromatic rings. The van der Waals surface area contributed by atoms with Crippen LogP contribution in [-0.4, -0.2) is 27.6 Å². The largest absolute Gasteiger partial charge is 0.459 e. The first-order valence-electron chi connectivity index (χ1n) is 6.83. The van der Waals surface area contributed by atoms with Crippen LogP contribution in [0.2, 0.25) is 0 Å². The van der Waals surface area contributed by atoms with Crippen molar-refractivity contribution in [2.45, 2.75) is 18.1 Å². The number of para-hydroxylation sites is 1. The van der Waals surface area contributed by atoms with E-state index in [1.165, 1.54) is 0 Å². The first kappa shape index (κ1) is 14.2. The van der Waals surface area contributed by atoms with E-state index in [9.17, 15) is 0 Å². The number of hydrogen-bond acceptors (Lipinski definition) is 5. The summed E-state index contributed by atoms with van der Waals surface area (Å²) in [7, 11) is 3.92. The number of benzene rings is 1. The van der Waals surface area contributed by atoms with Crippen molar-refractivity contribution in [2.75, 3.05) is 12.8 Å². The van der Waals surface area contributed by atoms with Crippen LogP contribution in [0.1, 0.15) is 17.6 Å². The SMILES string of the molecule is CNC(CSc1nnc(C)n1C)c1cc2ccccc2o1. The fraction of sp³-hybridized carbons (Fsp3) is 0.333. The number of nitrogens with zero attached hydrogens (tertiary/aromatic N) is 3. The quantitative estimate of drug-likeness (QED) is 0.734. The summed E-state index contributed by atoms with van der Waals surface area (Å²) in [6.07, 6.45) is 0. The molecule has 0 saturated carbocycles. The molecule has 0 aliphatic heterocycles. The molecule has 0 aliphatic rings. The van der Waals surface area contributed by atoms with Crippen LogP contribution < -0.4 is 5.32 Å². The molecule has 0 saturated heterocycles. The summed E-state index contributed by atoms with van der Waals surface area (Å²) in [5.74, 6) is 2.70.